The van der Waals surface area contributed by atoms with Crippen molar-refractivity contribution in [3.05, 3.63) is 0 Å². The molecule has 0 saturated carbocycles. The molecule has 3 nitrogen and oxygen atoms in total. The van der Waals surface area contributed by atoms with Crippen LogP contribution >= 0.6 is 10.6 Å². The van der Waals surface area contributed by atoms with Crippen molar-refractivity contribution in [3.8, 4) is 4.97 Å². The predicted molar refractivity (Wildman–Crippen MR) is 21.9 cm³/mol. The molecule has 0 heterocycles. The number of hydrogen-bond donors (Lipinski definition) is 1. The van der Waals surface area contributed by atoms with Crippen molar-refractivity contribution in [2.45, 2.75) is 0 Å². The molecule has 0 aliphatic heterocycles. The van der Waals surface area contributed by atoms with Crippen LogP contribution in [0, 0.1) is 10.2 Å². The molecule has 0 aliphatic carbocycles. The van der Waals surface area contributed by atoms with Crippen LogP contribution in [-0.4, -0.2) is 15.7 Å². The Hall–Kier alpha value is -0.0105. The van der Waals surface area contributed by atoms with Gasteiger partial charge in [-0.25, -0.2) is 0 Å². The fraction of sp³-hybridized carbons (Fsp3) is 0. The van der Waals surface area contributed by atoms with Gasteiger partial charge in [0.25, 0.3) is 0 Å². The fourth-order valence-electron chi connectivity index (χ4n) is 0. The van der Waals surface area contributed by atoms with Crippen molar-refractivity contribution >= 4 is 22.0 Å². The summed E-state index contributed by atoms with van der Waals surface area (Å²) in [5, 5.41) is 7.56. The summed E-state index contributed by atoms with van der Waals surface area (Å²) in [5.74, 6) is 0. The fourth-order valence-corrected chi connectivity index (χ4v) is 0. The van der Waals surface area contributed by atoms with E-state index in [2.05, 4.69) is 10.6 Å². The van der Waals surface area contributed by atoms with E-state index in [9.17, 15) is 3.83 Å². The molecule has 0 saturated heterocycles. The molecule has 0 aromatic heterocycles. The van der Waals surface area contributed by atoms with Crippen molar-refractivity contribution in [3.63, 3.8) is 0 Å². The minimum atomic E-state index is -4.14. The van der Waals surface area contributed by atoms with E-state index < -0.39 is 11.5 Å². The Labute approximate surface area is 40.8 Å². The molecule has 0 rings (SSSR count). The average Bonchev–Trinajstić information content (AvgIpc) is 1.35. The summed E-state index contributed by atoms with van der Waals surface area (Å²) in [6.07, 6.45) is 0. The SMILES string of the molecule is N#C[Se](=O)(O)=S. The Bertz CT molecular complexity index is 162. The zero-order chi connectivity index (χ0) is 5.21. The van der Waals surface area contributed by atoms with Gasteiger partial charge in [-0.1, -0.05) is 0 Å². The van der Waals surface area contributed by atoms with Crippen LogP contribution in [0.3, 0.4) is 0 Å². The van der Waals surface area contributed by atoms with Gasteiger partial charge in [0.05, 0.1) is 0 Å². The second-order valence-corrected chi connectivity index (χ2v) is 5.29. The normalized spacial score (nSPS) is 18.0. The monoisotopic (exact) mass is 171 g/mol. The first-order valence-corrected chi connectivity index (χ1v) is 5.70. The van der Waals surface area contributed by atoms with Crippen LogP contribution < -0.4 is 0 Å². The third-order valence-corrected chi connectivity index (χ3v) is 0.987. The van der Waals surface area contributed by atoms with Crippen LogP contribution in [-0.2, 0) is 3.83 Å². The second-order valence-electron chi connectivity index (χ2n) is 0.566. The van der Waals surface area contributed by atoms with E-state index in [4.69, 9.17) is 9.45 Å². The van der Waals surface area contributed by atoms with Gasteiger partial charge in [-0.3, -0.25) is 0 Å². The van der Waals surface area contributed by atoms with E-state index in [0.717, 1.165) is 4.97 Å². The second kappa shape index (κ2) is 1.63. The Balaban J connectivity index is 4.41. The van der Waals surface area contributed by atoms with Gasteiger partial charge in [0.2, 0.25) is 0 Å². The Morgan fingerprint density at radius 3 is 2.17 bits per heavy atom. The molecule has 1 atom stereocenters. The molecule has 0 aliphatic rings. The van der Waals surface area contributed by atoms with Gasteiger partial charge in [0.15, 0.2) is 0 Å². The van der Waals surface area contributed by atoms with Gasteiger partial charge in [0.1, 0.15) is 0 Å². The molecule has 34 valence electrons. The molecule has 6 heavy (non-hydrogen) atoms. The van der Waals surface area contributed by atoms with Gasteiger partial charge in [-0.05, 0) is 0 Å². The molecular formula is CHNO2SSe. The van der Waals surface area contributed by atoms with Gasteiger partial charge < -0.3 is 0 Å². The van der Waals surface area contributed by atoms with Crippen LogP contribution in [0.25, 0.3) is 0 Å². The predicted octanol–water partition coefficient (Wildman–Crippen LogP) is -0.392. The first-order valence-electron chi connectivity index (χ1n) is 0.944. The first-order chi connectivity index (χ1) is 2.56. The molecule has 0 fully saturated rings. The topological polar surface area (TPSA) is 61.1 Å². The molecule has 0 amide bonds. The van der Waals surface area contributed by atoms with Crippen molar-refractivity contribution in [1.82, 2.24) is 0 Å². The summed E-state index contributed by atoms with van der Waals surface area (Å²) in [6.45, 7) is 0. The molecule has 1 N–H and O–H groups in total. The van der Waals surface area contributed by atoms with Crippen LogP contribution in [0.4, 0.5) is 0 Å². The van der Waals surface area contributed by atoms with Crippen LogP contribution in [0.2, 0.25) is 0 Å². The number of nitrogens with zero attached hydrogens (tertiary/aromatic N) is 1. The minimum absolute atomic E-state index is 1.08. The molecule has 0 spiro atoms. The van der Waals surface area contributed by atoms with E-state index >= 15 is 0 Å². The average molecular weight is 170 g/mol. The molecule has 0 aromatic rings. The van der Waals surface area contributed by atoms with E-state index in [0.29, 0.717) is 0 Å². The standard InChI is InChI=1S/CHNO2SSe/c2-1-6(3,4)5/h(H,3,4,5). The number of nitriles is 1. The third-order valence-electron chi connectivity index (χ3n) is 0.115. The Morgan fingerprint density at radius 2 is 2.17 bits per heavy atom. The first kappa shape index (κ1) is 5.99. The summed E-state index contributed by atoms with van der Waals surface area (Å²) in [5.41, 5.74) is 0. The summed E-state index contributed by atoms with van der Waals surface area (Å²) in [4.78, 5) is 1.08. The molecular weight excluding hydrogens is 169 g/mol. The Kier molecular flexibility index (Phi) is 1.62. The van der Waals surface area contributed by atoms with Gasteiger partial charge in [0, 0.05) is 0 Å². The van der Waals surface area contributed by atoms with Crippen LogP contribution in [0.5, 0.6) is 0 Å². The number of rotatable bonds is 0. The number of hydrogen-bond acceptors (Lipinski definition) is 3. The van der Waals surface area contributed by atoms with Crippen molar-refractivity contribution in [2.24, 2.45) is 0 Å². The summed E-state index contributed by atoms with van der Waals surface area (Å²) < 4.78 is 17.5. The molecule has 0 aromatic carbocycles. The van der Waals surface area contributed by atoms with E-state index in [1.807, 2.05) is 0 Å². The van der Waals surface area contributed by atoms with E-state index in [-0.39, 0.29) is 0 Å². The molecule has 5 heteroatoms. The molecule has 1 unspecified atom stereocenters. The van der Waals surface area contributed by atoms with Crippen LogP contribution in [0.1, 0.15) is 0 Å². The van der Waals surface area contributed by atoms with Crippen LogP contribution in [0.15, 0.2) is 0 Å². The third kappa shape index (κ3) is 3.99. The maximum atomic E-state index is 9.64. The van der Waals surface area contributed by atoms with Crippen molar-refractivity contribution in [2.75, 3.05) is 0 Å². The summed E-state index contributed by atoms with van der Waals surface area (Å²) in [6, 6.07) is 0. The van der Waals surface area contributed by atoms with Crippen molar-refractivity contribution < 1.29 is 8.02 Å². The molecule has 0 bridgehead atoms. The quantitative estimate of drug-likeness (QED) is 0.503. The summed E-state index contributed by atoms with van der Waals surface area (Å²) >= 11 is -4.14. The maximum absolute atomic E-state index is 9.64. The van der Waals surface area contributed by atoms with Gasteiger partial charge in [-0.2, -0.15) is 0 Å². The van der Waals surface area contributed by atoms with Gasteiger partial charge >= 0.3 is 40.3 Å². The Morgan fingerprint density at radius 1 is 2.00 bits per heavy atom. The molecule has 0 radical (unpaired) electrons. The van der Waals surface area contributed by atoms with Crippen molar-refractivity contribution in [1.29, 1.82) is 5.26 Å². The zero-order valence-corrected chi connectivity index (χ0v) is 5.15. The van der Waals surface area contributed by atoms with E-state index in [1.54, 1.807) is 0 Å². The summed E-state index contributed by atoms with van der Waals surface area (Å²) in [7, 11) is 3.78. The van der Waals surface area contributed by atoms with Gasteiger partial charge in [-0.15, -0.1) is 0 Å². The van der Waals surface area contributed by atoms with E-state index in [1.165, 1.54) is 0 Å². The zero-order valence-electron chi connectivity index (χ0n) is 2.62.